The van der Waals surface area contributed by atoms with Gasteiger partial charge in [-0.2, -0.15) is 4.98 Å². The number of rotatable bonds is 8. The second kappa shape index (κ2) is 8.92. The van der Waals surface area contributed by atoms with E-state index in [9.17, 15) is 0 Å². The molecule has 2 aromatic heterocycles. The molecule has 0 radical (unpaired) electrons. The van der Waals surface area contributed by atoms with Crippen molar-refractivity contribution in [1.29, 1.82) is 0 Å². The van der Waals surface area contributed by atoms with Gasteiger partial charge >= 0.3 is 0 Å². The predicted octanol–water partition coefficient (Wildman–Crippen LogP) is 3.65. The van der Waals surface area contributed by atoms with Crippen molar-refractivity contribution in [3.05, 3.63) is 60.9 Å². The minimum absolute atomic E-state index is 0.570. The summed E-state index contributed by atoms with van der Waals surface area (Å²) in [6, 6.07) is 15.8. The fraction of sp³-hybridized carbons (Fsp3) is 0.250. The highest BCUT2D eigenvalue weighted by Gasteiger charge is 2.03. The summed E-state index contributed by atoms with van der Waals surface area (Å²) in [6.07, 6.45) is 4.61. The van der Waals surface area contributed by atoms with E-state index in [-0.39, 0.29) is 0 Å². The summed E-state index contributed by atoms with van der Waals surface area (Å²) in [5.74, 6) is 1.39. The van der Waals surface area contributed by atoms with Crippen LogP contribution in [-0.4, -0.2) is 47.0 Å². The first kappa shape index (κ1) is 17.8. The summed E-state index contributed by atoms with van der Waals surface area (Å²) in [7, 11) is 4.15. The summed E-state index contributed by atoms with van der Waals surface area (Å²) in [4.78, 5) is 15.4. The molecule has 2 heterocycles. The Kier molecular flexibility index (Phi) is 6.11. The number of nitrogens with zero attached hydrogens (tertiary/aromatic N) is 4. The summed E-state index contributed by atoms with van der Waals surface area (Å²) < 4.78 is 0. The molecule has 0 spiro atoms. The molecule has 0 aliphatic heterocycles. The molecule has 3 aromatic rings. The predicted molar refractivity (Wildman–Crippen MR) is 107 cm³/mol. The molecule has 1 aromatic carbocycles. The van der Waals surface area contributed by atoms with Crippen LogP contribution in [0.3, 0.4) is 0 Å². The van der Waals surface area contributed by atoms with Gasteiger partial charge in [0.05, 0.1) is 5.69 Å². The molecule has 0 bridgehead atoms. The maximum absolute atomic E-state index is 4.52. The highest BCUT2D eigenvalue weighted by Crippen LogP contribution is 2.22. The van der Waals surface area contributed by atoms with Crippen molar-refractivity contribution in [3.63, 3.8) is 0 Å². The molecule has 0 amide bonds. The van der Waals surface area contributed by atoms with Crippen molar-refractivity contribution in [3.8, 4) is 11.3 Å². The highest BCUT2D eigenvalue weighted by atomic mass is 15.1. The fourth-order valence-corrected chi connectivity index (χ4v) is 2.55. The van der Waals surface area contributed by atoms with E-state index in [0.717, 1.165) is 42.3 Å². The Morgan fingerprint density at radius 1 is 0.962 bits per heavy atom. The van der Waals surface area contributed by atoms with E-state index >= 15 is 0 Å². The topological polar surface area (TPSA) is 66.0 Å². The minimum atomic E-state index is 0.570. The lowest BCUT2D eigenvalue weighted by Crippen LogP contribution is -2.16. The van der Waals surface area contributed by atoms with Gasteiger partial charge in [-0.1, -0.05) is 18.2 Å². The van der Waals surface area contributed by atoms with Crippen molar-refractivity contribution in [2.24, 2.45) is 0 Å². The second-order valence-corrected chi connectivity index (χ2v) is 6.27. The average Bonchev–Trinajstić information content (AvgIpc) is 2.66. The second-order valence-electron chi connectivity index (χ2n) is 6.27. The minimum Gasteiger partial charge on any atom is -0.370 e. The number of nitrogens with one attached hydrogen (secondary N) is 2. The molecule has 26 heavy (non-hydrogen) atoms. The largest absolute Gasteiger partial charge is 0.370 e. The normalized spacial score (nSPS) is 10.7. The third kappa shape index (κ3) is 5.26. The van der Waals surface area contributed by atoms with E-state index < -0.39 is 0 Å². The van der Waals surface area contributed by atoms with Crippen LogP contribution in [0.4, 0.5) is 17.5 Å². The molecule has 0 aliphatic carbocycles. The third-order valence-corrected chi connectivity index (χ3v) is 3.82. The van der Waals surface area contributed by atoms with Gasteiger partial charge in [-0.25, -0.2) is 4.98 Å². The van der Waals surface area contributed by atoms with E-state index in [4.69, 9.17) is 0 Å². The molecule has 0 saturated carbocycles. The van der Waals surface area contributed by atoms with E-state index in [2.05, 4.69) is 44.6 Å². The summed E-state index contributed by atoms with van der Waals surface area (Å²) in [5.41, 5.74) is 2.92. The number of hydrogen-bond acceptors (Lipinski definition) is 6. The molecule has 0 unspecified atom stereocenters. The van der Waals surface area contributed by atoms with Crippen LogP contribution in [0.1, 0.15) is 6.42 Å². The van der Waals surface area contributed by atoms with Crippen LogP contribution < -0.4 is 10.6 Å². The van der Waals surface area contributed by atoms with Crippen LogP contribution in [0.5, 0.6) is 0 Å². The Morgan fingerprint density at radius 2 is 1.88 bits per heavy atom. The monoisotopic (exact) mass is 348 g/mol. The summed E-state index contributed by atoms with van der Waals surface area (Å²) >= 11 is 0. The van der Waals surface area contributed by atoms with Gasteiger partial charge in [0, 0.05) is 30.2 Å². The Labute approximate surface area is 154 Å². The number of anilines is 3. The molecular weight excluding hydrogens is 324 g/mol. The van der Waals surface area contributed by atoms with Crippen molar-refractivity contribution in [2.45, 2.75) is 6.42 Å². The Morgan fingerprint density at radius 3 is 2.69 bits per heavy atom. The number of aromatic nitrogens is 3. The first-order valence-electron chi connectivity index (χ1n) is 8.71. The average molecular weight is 348 g/mol. The smallest absolute Gasteiger partial charge is 0.229 e. The lowest BCUT2D eigenvalue weighted by molar-refractivity contribution is 0.405. The maximum atomic E-state index is 4.52. The molecule has 6 nitrogen and oxygen atoms in total. The van der Waals surface area contributed by atoms with Crippen LogP contribution in [0.25, 0.3) is 11.3 Å². The zero-order valence-corrected chi connectivity index (χ0v) is 15.2. The Bertz CT molecular complexity index is 819. The van der Waals surface area contributed by atoms with Gasteiger partial charge in [0.1, 0.15) is 5.82 Å². The fourth-order valence-electron chi connectivity index (χ4n) is 2.55. The van der Waals surface area contributed by atoms with Crippen molar-refractivity contribution >= 4 is 17.5 Å². The molecule has 0 aliphatic rings. The van der Waals surface area contributed by atoms with Crippen LogP contribution in [-0.2, 0) is 0 Å². The molecule has 3 rings (SSSR count). The first-order chi connectivity index (χ1) is 12.7. The van der Waals surface area contributed by atoms with Crippen LogP contribution in [0.2, 0.25) is 0 Å². The van der Waals surface area contributed by atoms with E-state index in [0.29, 0.717) is 5.95 Å². The van der Waals surface area contributed by atoms with Gasteiger partial charge < -0.3 is 15.5 Å². The molecule has 0 fully saturated rings. The van der Waals surface area contributed by atoms with Crippen molar-refractivity contribution in [2.75, 3.05) is 37.8 Å². The number of benzene rings is 1. The third-order valence-electron chi connectivity index (χ3n) is 3.82. The highest BCUT2D eigenvalue weighted by molar-refractivity contribution is 5.67. The van der Waals surface area contributed by atoms with Gasteiger partial charge in [0.15, 0.2) is 0 Å². The van der Waals surface area contributed by atoms with Crippen molar-refractivity contribution < 1.29 is 0 Å². The van der Waals surface area contributed by atoms with E-state index in [1.54, 1.807) is 12.4 Å². The summed E-state index contributed by atoms with van der Waals surface area (Å²) in [6.45, 7) is 1.92. The van der Waals surface area contributed by atoms with Gasteiger partial charge in [-0.3, -0.25) is 4.98 Å². The lowest BCUT2D eigenvalue weighted by atomic mass is 10.1. The van der Waals surface area contributed by atoms with Gasteiger partial charge in [-0.05, 0) is 57.4 Å². The lowest BCUT2D eigenvalue weighted by Gasteiger charge is -2.11. The van der Waals surface area contributed by atoms with E-state index in [1.807, 2.05) is 48.5 Å². The SMILES string of the molecule is CN(C)CCCNc1ccnc(Nc2cccc(-c3ccccn3)c2)n1. The van der Waals surface area contributed by atoms with E-state index in [1.165, 1.54) is 0 Å². The standard InChI is InChI=1S/C20H24N6/c1-26(2)14-6-12-22-19-10-13-23-20(25-19)24-17-8-5-7-16(15-17)18-9-3-4-11-21-18/h3-5,7-11,13,15H,6,12,14H2,1-2H3,(H2,22,23,24,25). The van der Waals surface area contributed by atoms with Gasteiger partial charge in [-0.15, -0.1) is 0 Å². The number of hydrogen-bond donors (Lipinski definition) is 2. The molecular formula is C20H24N6. The van der Waals surface area contributed by atoms with Crippen LogP contribution >= 0.6 is 0 Å². The summed E-state index contributed by atoms with van der Waals surface area (Å²) in [5, 5.41) is 6.60. The zero-order valence-electron chi connectivity index (χ0n) is 15.2. The van der Waals surface area contributed by atoms with Crippen molar-refractivity contribution in [1.82, 2.24) is 19.9 Å². The van der Waals surface area contributed by atoms with Gasteiger partial charge in [0.2, 0.25) is 5.95 Å². The van der Waals surface area contributed by atoms with Gasteiger partial charge in [0.25, 0.3) is 0 Å². The Hall–Kier alpha value is -2.99. The molecule has 2 N–H and O–H groups in total. The molecule has 0 saturated heterocycles. The number of pyridine rings is 1. The Balaban J connectivity index is 1.65. The van der Waals surface area contributed by atoms with Crippen LogP contribution in [0.15, 0.2) is 60.9 Å². The maximum Gasteiger partial charge on any atom is 0.229 e. The molecule has 0 atom stereocenters. The van der Waals surface area contributed by atoms with Crippen LogP contribution in [0, 0.1) is 0 Å². The molecule has 134 valence electrons. The zero-order chi connectivity index (χ0) is 18.2. The first-order valence-corrected chi connectivity index (χ1v) is 8.71. The quantitative estimate of drug-likeness (QED) is 0.606. The molecule has 6 heteroatoms.